The van der Waals surface area contributed by atoms with Crippen LogP contribution in [0.3, 0.4) is 0 Å². The maximum absolute atomic E-state index is 13.5. The van der Waals surface area contributed by atoms with Crippen molar-refractivity contribution in [2.45, 2.75) is 25.4 Å². The lowest BCUT2D eigenvalue weighted by molar-refractivity contribution is -0.137. The van der Waals surface area contributed by atoms with Crippen molar-refractivity contribution in [2.24, 2.45) is 5.92 Å². The zero-order valence-electron chi connectivity index (χ0n) is 13.6. The Balaban J connectivity index is 1.96. The van der Waals surface area contributed by atoms with Gasteiger partial charge in [-0.25, -0.2) is 4.39 Å². The molecule has 1 amide bonds. The molecule has 0 radical (unpaired) electrons. The molecule has 1 aliphatic rings. The largest absolute Gasteiger partial charge is 0.416 e. The molecule has 1 fully saturated rings. The maximum Gasteiger partial charge on any atom is 0.416 e. The first-order valence-corrected chi connectivity index (χ1v) is 8.05. The van der Waals surface area contributed by atoms with Crippen LogP contribution in [0.4, 0.5) is 23.2 Å². The highest BCUT2D eigenvalue weighted by Crippen LogP contribution is 2.39. The van der Waals surface area contributed by atoms with Crippen molar-refractivity contribution < 1.29 is 22.4 Å². The molecule has 2 nitrogen and oxygen atoms in total. The summed E-state index contributed by atoms with van der Waals surface area (Å²) in [6.07, 6.45) is -3.80. The summed E-state index contributed by atoms with van der Waals surface area (Å²) in [6, 6.07) is 10.6. The van der Waals surface area contributed by atoms with Crippen LogP contribution in [-0.2, 0) is 11.0 Å². The fourth-order valence-corrected chi connectivity index (χ4v) is 3.36. The maximum atomic E-state index is 13.5. The van der Waals surface area contributed by atoms with Crippen LogP contribution >= 0.6 is 0 Å². The summed E-state index contributed by atoms with van der Waals surface area (Å²) in [7, 11) is 0. The Bertz CT molecular complexity index is 787. The third-order valence-corrected chi connectivity index (χ3v) is 4.64. The van der Waals surface area contributed by atoms with Gasteiger partial charge in [0.2, 0.25) is 5.91 Å². The van der Waals surface area contributed by atoms with E-state index >= 15 is 0 Å². The van der Waals surface area contributed by atoms with Gasteiger partial charge < -0.3 is 4.90 Å². The summed E-state index contributed by atoms with van der Waals surface area (Å²) < 4.78 is 52.3. The van der Waals surface area contributed by atoms with Crippen LogP contribution in [0.1, 0.15) is 30.4 Å². The minimum Gasteiger partial charge on any atom is -0.312 e. The molecule has 0 unspecified atom stereocenters. The first-order valence-electron chi connectivity index (χ1n) is 8.05. The molecule has 0 aromatic heterocycles. The number of benzene rings is 2. The summed E-state index contributed by atoms with van der Waals surface area (Å²) in [6.45, 7) is 2.23. The zero-order chi connectivity index (χ0) is 18.2. The molecule has 0 aliphatic carbocycles. The van der Waals surface area contributed by atoms with Crippen molar-refractivity contribution in [1.29, 1.82) is 0 Å². The van der Waals surface area contributed by atoms with Crippen LogP contribution < -0.4 is 4.90 Å². The molecule has 3 rings (SSSR count). The average Bonchev–Trinajstić information content (AvgIpc) is 2.91. The number of rotatable bonds is 3. The van der Waals surface area contributed by atoms with E-state index in [1.807, 2.05) is 6.92 Å². The second kappa shape index (κ2) is 6.50. The number of amides is 1. The number of carbonyl (C=O) groups is 1. The highest BCUT2D eigenvalue weighted by Gasteiger charge is 2.41. The fourth-order valence-electron chi connectivity index (χ4n) is 3.36. The summed E-state index contributed by atoms with van der Waals surface area (Å²) in [5, 5.41) is 0. The predicted octanol–water partition coefficient (Wildman–Crippen LogP) is 5.00. The smallest absolute Gasteiger partial charge is 0.312 e. The van der Waals surface area contributed by atoms with Gasteiger partial charge in [-0.3, -0.25) is 4.79 Å². The van der Waals surface area contributed by atoms with E-state index in [0.717, 1.165) is 12.1 Å². The van der Waals surface area contributed by atoms with Gasteiger partial charge in [-0.1, -0.05) is 31.5 Å². The average molecular weight is 351 g/mol. The minimum atomic E-state index is -4.47. The molecule has 0 bridgehead atoms. The van der Waals surface area contributed by atoms with E-state index in [4.69, 9.17) is 0 Å². The van der Waals surface area contributed by atoms with E-state index in [9.17, 15) is 22.4 Å². The van der Waals surface area contributed by atoms with Crippen LogP contribution in [0.15, 0.2) is 48.5 Å². The quantitative estimate of drug-likeness (QED) is 0.713. The fraction of sp³-hybridized carbons (Fsp3) is 0.316. The highest BCUT2D eigenvalue weighted by atomic mass is 19.4. The number of nitrogens with zero attached hydrogens (tertiary/aromatic N) is 1. The van der Waals surface area contributed by atoms with Gasteiger partial charge in [0.25, 0.3) is 0 Å². The van der Waals surface area contributed by atoms with Crippen LogP contribution in [-0.4, -0.2) is 12.5 Å². The standard InChI is InChI=1S/C19H17F4NO/c1-2-12-11-24(16-8-4-6-14(10-16)19(21,22)23)18(25)17(12)13-5-3-7-15(20)9-13/h3-10,12,17H,2,11H2,1H3/t12-,17+/m0/s1. The van der Waals surface area contributed by atoms with Crippen LogP contribution in [0.25, 0.3) is 0 Å². The van der Waals surface area contributed by atoms with Gasteiger partial charge in [-0.05, 0) is 41.8 Å². The molecule has 2 aromatic rings. The number of hydrogen-bond acceptors (Lipinski definition) is 1. The summed E-state index contributed by atoms with van der Waals surface area (Å²) in [5.74, 6) is -1.35. The molecule has 2 atom stereocenters. The Hall–Kier alpha value is -2.37. The van der Waals surface area contributed by atoms with Gasteiger partial charge in [0.1, 0.15) is 5.82 Å². The van der Waals surface area contributed by atoms with Gasteiger partial charge >= 0.3 is 6.18 Å². The van der Waals surface area contributed by atoms with Gasteiger partial charge in [-0.2, -0.15) is 13.2 Å². The van der Waals surface area contributed by atoms with Gasteiger partial charge in [-0.15, -0.1) is 0 Å². The first-order chi connectivity index (χ1) is 11.8. The van der Waals surface area contributed by atoms with Crippen LogP contribution in [0.2, 0.25) is 0 Å². The highest BCUT2D eigenvalue weighted by molar-refractivity contribution is 6.00. The van der Waals surface area contributed by atoms with E-state index in [1.165, 1.54) is 35.2 Å². The zero-order valence-corrected chi connectivity index (χ0v) is 13.6. The summed E-state index contributed by atoms with van der Waals surface area (Å²) in [4.78, 5) is 14.2. The Kier molecular flexibility index (Phi) is 4.54. The van der Waals surface area contributed by atoms with Crippen molar-refractivity contribution in [3.8, 4) is 0 Å². The molecule has 0 N–H and O–H groups in total. The Morgan fingerprint density at radius 2 is 1.84 bits per heavy atom. The number of anilines is 1. The van der Waals surface area contributed by atoms with Gasteiger partial charge in [0, 0.05) is 12.2 Å². The van der Waals surface area contributed by atoms with E-state index < -0.39 is 23.5 Å². The lowest BCUT2D eigenvalue weighted by Gasteiger charge is -2.18. The Labute approximate surface area is 143 Å². The molecule has 2 aromatic carbocycles. The molecule has 1 saturated heterocycles. The van der Waals surface area contributed by atoms with Crippen molar-refractivity contribution in [3.05, 3.63) is 65.5 Å². The Morgan fingerprint density at radius 3 is 2.48 bits per heavy atom. The molecule has 132 valence electrons. The van der Waals surface area contributed by atoms with Gasteiger partial charge in [0.15, 0.2) is 0 Å². The molecule has 0 saturated carbocycles. The van der Waals surface area contributed by atoms with E-state index in [0.29, 0.717) is 18.5 Å². The predicted molar refractivity (Wildman–Crippen MR) is 86.7 cm³/mol. The summed E-state index contributed by atoms with van der Waals surface area (Å²) in [5.41, 5.74) is -0.0106. The Morgan fingerprint density at radius 1 is 1.12 bits per heavy atom. The van der Waals surface area contributed by atoms with Crippen LogP contribution in [0, 0.1) is 11.7 Å². The lowest BCUT2D eigenvalue weighted by Crippen LogP contribution is -2.26. The van der Waals surface area contributed by atoms with Crippen molar-refractivity contribution >= 4 is 11.6 Å². The monoisotopic (exact) mass is 351 g/mol. The van der Waals surface area contributed by atoms with E-state index in [1.54, 1.807) is 6.07 Å². The molecular weight excluding hydrogens is 334 g/mol. The third kappa shape index (κ3) is 3.38. The molecule has 1 heterocycles. The molecular formula is C19H17F4NO. The minimum absolute atomic E-state index is 0.0798. The molecule has 25 heavy (non-hydrogen) atoms. The number of alkyl halides is 3. The topological polar surface area (TPSA) is 20.3 Å². The second-order valence-corrected chi connectivity index (χ2v) is 6.20. The molecule has 1 aliphatic heterocycles. The number of carbonyl (C=O) groups excluding carboxylic acids is 1. The number of halogens is 4. The van der Waals surface area contributed by atoms with E-state index in [-0.39, 0.29) is 17.5 Å². The van der Waals surface area contributed by atoms with Crippen LogP contribution in [0.5, 0.6) is 0 Å². The lowest BCUT2D eigenvalue weighted by atomic mass is 9.87. The normalized spacial score (nSPS) is 21.0. The van der Waals surface area contributed by atoms with Gasteiger partial charge in [0.05, 0.1) is 11.5 Å². The first kappa shape index (κ1) is 17.5. The van der Waals surface area contributed by atoms with Crippen molar-refractivity contribution in [1.82, 2.24) is 0 Å². The molecule has 0 spiro atoms. The molecule has 6 heteroatoms. The SMILES string of the molecule is CC[C@H]1CN(c2cccc(C(F)(F)F)c2)C(=O)[C@H]1c1cccc(F)c1. The van der Waals surface area contributed by atoms with Crippen molar-refractivity contribution in [2.75, 3.05) is 11.4 Å². The second-order valence-electron chi connectivity index (χ2n) is 6.20. The van der Waals surface area contributed by atoms with Crippen molar-refractivity contribution in [3.63, 3.8) is 0 Å². The van der Waals surface area contributed by atoms with E-state index in [2.05, 4.69) is 0 Å². The third-order valence-electron chi connectivity index (χ3n) is 4.64. The number of hydrogen-bond donors (Lipinski definition) is 0. The summed E-state index contributed by atoms with van der Waals surface area (Å²) >= 11 is 0.